The zero-order valence-electron chi connectivity index (χ0n) is 16.3. The lowest BCUT2D eigenvalue weighted by Crippen LogP contribution is -2.44. The van der Waals surface area contributed by atoms with Gasteiger partial charge in [-0.3, -0.25) is 28.8 Å². The molecule has 9 heteroatoms. The molecule has 2 fully saturated rings. The number of aryl methyl sites for hydroxylation is 1. The predicted octanol–water partition coefficient (Wildman–Crippen LogP) is 1.10. The lowest BCUT2D eigenvalue weighted by molar-refractivity contribution is -0.142. The minimum absolute atomic E-state index is 0.207. The van der Waals surface area contributed by atoms with E-state index in [1.807, 2.05) is 25.1 Å². The Balaban J connectivity index is 1.71. The van der Waals surface area contributed by atoms with Crippen molar-refractivity contribution in [3.05, 3.63) is 28.7 Å². The van der Waals surface area contributed by atoms with Crippen molar-refractivity contribution in [2.45, 2.75) is 45.2 Å². The van der Waals surface area contributed by atoms with E-state index >= 15 is 0 Å². The average Bonchev–Trinajstić information content (AvgIpc) is 2.98. The number of carboxylic acids is 1. The largest absolute Gasteiger partial charge is 0.481 e. The summed E-state index contributed by atoms with van der Waals surface area (Å²) in [6, 6.07) is 4.98. The zero-order valence-corrected chi connectivity index (χ0v) is 16.3. The summed E-state index contributed by atoms with van der Waals surface area (Å²) >= 11 is 0. The van der Waals surface area contributed by atoms with Gasteiger partial charge in [-0.15, -0.1) is 0 Å². The van der Waals surface area contributed by atoms with Gasteiger partial charge in [-0.25, -0.2) is 4.79 Å². The number of rotatable bonds is 4. The van der Waals surface area contributed by atoms with E-state index < -0.39 is 17.9 Å². The molecule has 2 aromatic rings. The first-order chi connectivity index (χ1) is 13.9. The highest BCUT2D eigenvalue weighted by Crippen LogP contribution is 2.29. The number of aliphatic carboxylic acids is 1. The number of aromatic nitrogens is 2. The first kappa shape index (κ1) is 19.2. The number of carbonyl (C=O) groups excluding carboxylic acids is 2. The van der Waals surface area contributed by atoms with Crippen molar-refractivity contribution < 1.29 is 19.5 Å². The van der Waals surface area contributed by atoms with Crippen molar-refractivity contribution in [3.8, 4) is 0 Å². The maximum atomic E-state index is 13.0. The number of hydrogen-bond acceptors (Lipinski definition) is 5. The highest BCUT2D eigenvalue weighted by atomic mass is 16.4. The summed E-state index contributed by atoms with van der Waals surface area (Å²) in [7, 11) is 0. The predicted molar refractivity (Wildman–Crippen MR) is 106 cm³/mol. The van der Waals surface area contributed by atoms with Gasteiger partial charge in [0.25, 0.3) is 0 Å². The molecule has 2 amide bonds. The van der Waals surface area contributed by atoms with Gasteiger partial charge in [0.1, 0.15) is 6.04 Å². The lowest BCUT2D eigenvalue weighted by atomic mass is 9.97. The Morgan fingerprint density at radius 1 is 1.14 bits per heavy atom. The summed E-state index contributed by atoms with van der Waals surface area (Å²) in [4.78, 5) is 50.2. The summed E-state index contributed by atoms with van der Waals surface area (Å²) in [5, 5.41) is 11.5. The summed E-state index contributed by atoms with van der Waals surface area (Å²) in [5.41, 5.74) is 2.07. The molecule has 154 valence electrons. The number of carbonyl (C=O) groups is 3. The fourth-order valence-corrected chi connectivity index (χ4v) is 4.38. The Kier molecular flexibility index (Phi) is 4.89. The van der Waals surface area contributed by atoms with Crippen molar-refractivity contribution in [1.29, 1.82) is 0 Å². The second-order valence-corrected chi connectivity index (χ2v) is 7.64. The summed E-state index contributed by atoms with van der Waals surface area (Å²) < 4.78 is 3.12. The minimum Gasteiger partial charge on any atom is -0.481 e. The Hall–Kier alpha value is -3.10. The molecule has 4 rings (SSSR count). The van der Waals surface area contributed by atoms with Crippen LogP contribution >= 0.6 is 0 Å². The molecule has 9 nitrogen and oxygen atoms in total. The smallest absolute Gasteiger partial charge is 0.329 e. The Morgan fingerprint density at radius 2 is 1.86 bits per heavy atom. The first-order valence-electron chi connectivity index (χ1n) is 9.97. The number of nitrogens with zero attached hydrogens (tertiary/aromatic N) is 3. The molecule has 0 radical (unpaired) electrons. The van der Waals surface area contributed by atoms with Gasteiger partial charge in [0.05, 0.1) is 17.0 Å². The zero-order chi connectivity index (χ0) is 20.7. The number of piperidine rings is 2. The molecule has 2 N–H and O–H groups in total. The first-order valence-corrected chi connectivity index (χ1v) is 9.97. The summed E-state index contributed by atoms with van der Waals surface area (Å²) in [5.74, 6) is -1.82. The van der Waals surface area contributed by atoms with Crippen LogP contribution < -0.4 is 15.9 Å². The monoisotopic (exact) mass is 400 g/mol. The van der Waals surface area contributed by atoms with E-state index in [-0.39, 0.29) is 23.9 Å². The highest BCUT2D eigenvalue weighted by molar-refractivity contribution is 6.00. The van der Waals surface area contributed by atoms with Gasteiger partial charge in [0, 0.05) is 31.7 Å². The molecule has 1 atom stereocenters. The topological polar surface area (TPSA) is 114 Å². The number of benzene rings is 1. The molecule has 29 heavy (non-hydrogen) atoms. The second-order valence-electron chi connectivity index (χ2n) is 7.64. The number of amides is 2. The normalized spacial score (nSPS) is 20.9. The standard InChI is InChI=1S/C20H24N4O5/c1-2-23-16-11-13(22-9-7-12(8-10-22)19(27)28)3-4-14(16)24(20(23)29)15-5-6-17(25)21-18(15)26/h3-4,11-12,15H,2,5-10H2,1H3,(H,27,28)(H,21,25,26). The van der Waals surface area contributed by atoms with Gasteiger partial charge in [0.2, 0.25) is 11.8 Å². The average molecular weight is 400 g/mol. The molecule has 1 aromatic heterocycles. The van der Waals surface area contributed by atoms with Crippen molar-refractivity contribution in [2.24, 2.45) is 5.92 Å². The van der Waals surface area contributed by atoms with Gasteiger partial charge in [-0.2, -0.15) is 0 Å². The van der Waals surface area contributed by atoms with Gasteiger partial charge >= 0.3 is 11.7 Å². The van der Waals surface area contributed by atoms with Gasteiger partial charge < -0.3 is 10.0 Å². The third-order valence-electron chi connectivity index (χ3n) is 5.99. The van der Waals surface area contributed by atoms with Crippen LogP contribution in [0.25, 0.3) is 11.0 Å². The van der Waals surface area contributed by atoms with Gasteiger partial charge in [-0.1, -0.05) is 0 Å². The van der Waals surface area contributed by atoms with Crippen LogP contribution in [0.4, 0.5) is 5.69 Å². The van der Waals surface area contributed by atoms with E-state index in [0.717, 1.165) is 11.2 Å². The molecule has 0 saturated carbocycles. The number of hydrogen-bond donors (Lipinski definition) is 2. The van der Waals surface area contributed by atoms with E-state index in [0.29, 0.717) is 44.4 Å². The fraction of sp³-hybridized carbons (Fsp3) is 0.500. The van der Waals surface area contributed by atoms with E-state index in [4.69, 9.17) is 0 Å². The van der Waals surface area contributed by atoms with Crippen LogP contribution in [-0.4, -0.2) is 45.1 Å². The van der Waals surface area contributed by atoms with Crippen LogP contribution in [0.1, 0.15) is 38.6 Å². The molecular formula is C20H24N4O5. The van der Waals surface area contributed by atoms with Crippen molar-refractivity contribution >= 4 is 34.5 Å². The van der Waals surface area contributed by atoms with Crippen molar-refractivity contribution in [1.82, 2.24) is 14.5 Å². The third kappa shape index (κ3) is 3.30. The van der Waals surface area contributed by atoms with E-state index in [9.17, 15) is 24.3 Å². The van der Waals surface area contributed by atoms with Crippen LogP contribution in [0.2, 0.25) is 0 Å². The number of fused-ring (bicyclic) bond motifs is 1. The van der Waals surface area contributed by atoms with Crippen LogP contribution in [0.5, 0.6) is 0 Å². The van der Waals surface area contributed by atoms with Crippen molar-refractivity contribution in [3.63, 3.8) is 0 Å². The molecule has 2 saturated heterocycles. The second kappa shape index (κ2) is 7.38. The minimum atomic E-state index is -0.749. The van der Waals surface area contributed by atoms with Crippen LogP contribution in [0, 0.1) is 5.92 Å². The molecule has 0 spiro atoms. The molecule has 0 bridgehead atoms. The van der Waals surface area contributed by atoms with Crippen LogP contribution in [0.15, 0.2) is 23.0 Å². The molecule has 2 aliphatic heterocycles. The van der Waals surface area contributed by atoms with E-state index in [2.05, 4.69) is 10.2 Å². The molecule has 1 aromatic carbocycles. The van der Waals surface area contributed by atoms with Gasteiger partial charge in [-0.05, 0) is 44.4 Å². The number of imidazole rings is 1. The SMILES string of the molecule is CCn1c(=O)n(C2CCC(=O)NC2=O)c2ccc(N3CCC(C(=O)O)CC3)cc21. The van der Waals surface area contributed by atoms with Crippen molar-refractivity contribution in [2.75, 3.05) is 18.0 Å². The maximum Gasteiger partial charge on any atom is 0.329 e. The highest BCUT2D eigenvalue weighted by Gasteiger charge is 2.32. The number of anilines is 1. The fourth-order valence-electron chi connectivity index (χ4n) is 4.38. The molecular weight excluding hydrogens is 376 g/mol. The lowest BCUT2D eigenvalue weighted by Gasteiger charge is -2.32. The Bertz CT molecular complexity index is 1050. The molecule has 2 aliphatic rings. The molecule has 0 aliphatic carbocycles. The Labute approximate surface area is 166 Å². The maximum absolute atomic E-state index is 13.0. The number of carboxylic acid groups (broad SMARTS) is 1. The van der Waals surface area contributed by atoms with E-state index in [1.54, 1.807) is 4.57 Å². The molecule has 3 heterocycles. The Morgan fingerprint density at radius 3 is 2.48 bits per heavy atom. The van der Waals surface area contributed by atoms with Crippen LogP contribution in [-0.2, 0) is 20.9 Å². The number of imide groups is 1. The number of nitrogens with one attached hydrogen (secondary N) is 1. The quantitative estimate of drug-likeness (QED) is 0.743. The summed E-state index contributed by atoms with van der Waals surface area (Å²) in [6.07, 6.45) is 1.69. The van der Waals surface area contributed by atoms with Gasteiger partial charge in [0.15, 0.2) is 0 Å². The molecule has 1 unspecified atom stereocenters. The van der Waals surface area contributed by atoms with Crippen LogP contribution in [0.3, 0.4) is 0 Å². The van der Waals surface area contributed by atoms with E-state index in [1.165, 1.54) is 4.57 Å². The third-order valence-corrected chi connectivity index (χ3v) is 5.99. The summed E-state index contributed by atoms with van der Waals surface area (Å²) in [6.45, 7) is 3.63.